The zero-order chi connectivity index (χ0) is 13.7. The Hall–Kier alpha value is -1.83. The smallest absolute Gasteiger partial charge is 0.323 e. The number of rotatable bonds is 4. The van der Waals surface area contributed by atoms with Crippen molar-refractivity contribution in [3.05, 3.63) is 0 Å². The quantitative estimate of drug-likeness (QED) is 0.620. The number of urea groups is 1. The van der Waals surface area contributed by atoms with E-state index in [4.69, 9.17) is 10.8 Å². The summed E-state index contributed by atoms with van der Waals surface area (Å²) in [5.74, 6) is -1.89. The number of carbonyl (C=O) groups excluding carboxylic acids is 2. The Morgan fingerprint density at radius 1 is 1.17 bits per heavy atom. The second-order valence-corrected chi connectivity index (χ2v) is 4.29. The molecule has 1 fully saturated rings. The first-order chi connectivity index (χ1) is 8.40. The minimum atomic E-state index is -1.17. The second kappa shape index (κ2) is 6.20. The molecule has 1 rings (SSSR count). The molecule has 8 nitrogen and oxygen atoms in total. The monoisotopic (exact) mass is 258 g/mol. The van der Waals surface area contributed by atoms with Crippen LogP contribution < -0.4 is 5.73 Å². The van der Waals surface area contributed by atoms with Gasteiger partial charge >= 0.3 is 12.0 Å². The second-order valence-electron chi connectivity index (χ2n) is 4.29. The molecular weight excluding hydrogens is 240 g/mol. The molecule has 3 N–H and O–H groups in total. The van der Waals surface area contributed by atoms with Crippen molar-refractivity contribution in [3.63, 3.8) is 0 Å². The lowest BCUT2D eigenvalue weighted by Crippen LogP contribution is -2.54. The van der Waals surface area contributed by atoms with Crippen molar-refractivity contribution >= 4 is 17.9 Å². The standard InChI is InChI=1S/C10H18N4O4/c1-12-2-4-13(5-3-12)10(18)14(6-8(11)15)7-9(16)17/h2-7H2,1H3,(H2,11,15)(H,16,17). The first-order valence-electron chi connectivity index (χ1n) is 5.62. The minimum absolute atomic E-state index is 0.378. The molecule has 0 spiro atoms. The number of carbonyl (C=O) groups is 3. The van der Waals surface area contributed by atoms with Crippen molar-refractivity contribution in [1.29, 1.82) is 0 Å². The van der Waals surface area contributed by atoms with Gasteiger partial charge in [-0.25, -0.2) is 4.79 Å². The van der Waals surface area contributed by atoms with Crippen molar-refractivity contribution in [2.75, 3.05) is 46.3 Å². The summed E-state index contributed by atoms with van der Waals surface area (Å²) in [4.78, 5) is 38.1. The van der Waals surface area contributed by atoms with Crippen LogP contribution in [-0.4, -0.2) is 84.0 Å². The van der Waals surface area contributed by atoms with Crippen LogP contribution in [0.15, 0.2) is 0 Å². The van der Waals surface area contributed by atoms with Crippen LogP contribution in [0, 0.1) is 0 Å². The van der Waals surface area contributed by atoms with Gasteiger partial charge < -0.3 is 25.5 Å². The van der Waals surface area contributed by atoms with Gasteiger partial charge in [0.15, 0.2) is 0 Å². The number of carboxylic acid groups (broad SMARTS) is 1. The number of likely N-dealkylation sites (N-methyl/N-ethyl adjacent to an activating group) is 1. The molecule has 0 aliphatic carbocycles. The minimum Gasteiger partial charge on any atom is -0.480 e. The molecule has 0 aromatic heterocycles. The molecule has 1 aliphatic heterocycles. The Balaban J connectivity index is 2.63. The maximum Gasteiger partial charge on any atom is 0.323 e. The summed E-state index contributed by atoms with van der Waals surface area (Å²) < 4.78 is 0. The molecule has 102 valence electrons. The predicted octanol–water partition coefficient (Wildman–Crippen LogP) is -1.77. The molecule has 1 aliphatic rings. The fraction of sp³-hybridized carbons (Fsp3) is 0.700. The van der Waals surface area contributed by atoms with Crippen molar-refractivity contribution in [2.45, 2.75) is 0 Å². The van der Waals surface area contributed by atoms with Gasteiger partial charge in [0.1, 0.15) is 13.1 Å². The molecule has 0 atom stereocenters. The summed E-state index contributed by atoms with van der Waals surface area (Å²) in [5, 5.41) is 8.71. The van der Waals surface area contributed by atoms with Crippen LogP contribution in [0.5, 0.6) is 0 Å². The molecule has 0 unspecified atom stereocenters. The third-order valence-corrected chi connectivity index (χ3v) is 2.72. The highest BCUT2D eigenvalue weighted by molar-refractivity contribution is 5.86. The number of nitrogens with zero attached hydrogens (tertiary/aromatic N) is 3. The normalized spacial score (nSPS) is 16.4. The Labute approximate surface area is 105 Å². The Morgan fingerprint density at radius 2 is 1.72 bits per heavy atom. The molecule has 8 heteroatoms. The van der Waals surface area contributed by atoms with Crippen LogP contribution in [0.4, 0.5) is 4.79 Å². The highest BCUT2D eigenvalue weighted by Gasteiger charge is 2.26. The average molecular weight is 258 g/mol. The van der Waals surface area contributed by atoms with Gasteiger partial charge in [0.25, 0.3) is 0 Å². The van der Waals surface area contributed by atoms with Crippen molar-refractivity contribution in [2.24, 2.45) is 5.73 Å². The average Bonchev–Trinajstić information content (AvgIpc) is 2.27. The van der Waals surface area contributed by atoms with Gasteiger partial charge in [0.05, 0.1) is 0 Å². The van der Waals surface area contributed by atoms with Crippen LogP contribution in [0.25, 0.3) is 0 Å². The van der Waals surface area contributed by atoms with E-state index in [1.54, 1.807) is 0 Å². The van der Waals surface area contributed by atoms with Gasteiger partial charge in [-0.15, -0.1) is 0 Å². The van der Waals surface area contributed by atoms with Gasteiger partial charge in [-0.1, -0.05) is 0 Å². The molecule has 3 amide bonds. The largest absolute Gasteiger partial charge is 0.480 e. The number of piperazine rings is 1. The van der Waals surface area contributed by atoms with Crippen LogP contribution in [0.3, 0.4) is 0 Å². The Bertz CT molecular complexity index is 323. The molecule has 0 bridgehead atoms. The summed E-state index contributed by atoms with van der Waals surface area (Å²) in [5.41, 5.74) is 5.01. The zero-order valence-electron chi connectivity index (χ0n) is 10.3. The van der Waals surface area contributed by atoms with Gasteiger partial charge in [-0.05, 0) is 7.05 Å². The van der Waals surface area contributed by atoms with E-state index in [0.717, 1.165) is 18.0 Å². The lowest BCUT2D eigenvalue weighted by atomic mass is 10.3. The van der Waals surface area contributed by atoms with E-state index in [1.807, 2.05) is 7.05 Å². The van der Waals surface area contributed by atoms with Crippen molar-refractivity contribution < 1.29 is 19.5 Å². The third kappa shape index (κ3) is 4.21. The van der Waals surface area contributed by atoms with Crippen molar-refractivity contribution in [3.8, 4) is 0 Å². The number of aliphatic carboxylic acids is 1. The lowest BCUT2D eigenvalue weighted by molar-refractivity contribution is -0.138. The van der Waals surface area contributed by atoms with Crippen molar-refractivity contribution in [1.82, 2.24) is 14.7 Å². The lowest BCUT2D eigenvalue weighted by Gasteiger charge is -2.35. The van der Waals surface area contributed by atoms with Gasteiger partial charge in [0, 0.05) is 26.2 Å². The molecule has 0 radical (unpaired) electrons. The van der Waals surface area contributed by atoms with E-state index in [2.05, 4.69) is 4.90 Å². The maximum atomic E-state index is 12.0. The van der Waals surface area contributed by atoms with E-state index < -0.39 is 24.5 Å². The van der Waals surface area contributed by atoms with Gasteiger partial charge in [-0.3, -0.25) is 9.59 Å². The zero-order valence-corrected chi connectivity index (χ0v) is 10.3. The summed E-state index contributed by atoms with van der Waals surface area (Å²) in [6, 6.07) is -0.454. The SMILES string of the molecule is CN1CCN(C(=O)N(CC(N)=O)CC(=O)O)CC1. The number of nitrogens with two attached hydrogens (primary N) is 1. The predicted molar refractivity (Wildman–Crippen MR) is 62.9 cm³/mol. The number of hydrogen-bond acceptors (Lipinski definition) is 4. The molecule has 0 aromatic carbocycles. The van der Waals surface area contributed by atoms with E-state index in [0.29, 0.717) is 13.1 Å². The fourth-order valence-electron chi connectivity index (χ4n) is 1.74. The summed E-state index contributed by atoms with van der Waals surface area (Å²) in [7, 11) is 1.94. The van der Waals surface area contributed by atoms with Crippen LogP contribution in [0.1, 0.15) is 0 Å². The molecule has 18 heavy (non-hydrogen) atoms. The first kappa shape index (κ1) is 14.2. The highest BCUT2D eigenvalue weighted by atomic mass is 16.4. The number of amides is 3. The summed E-state index contributed by atoms with van der Waals surface area (Å²) in [6.07, 6.45) is 0. The summed E-state index contributed by atoms with van der Waals surface area (Å²) >= 11 is 0. The number of hydrogen-bond donors (Lipinski definition) is 2. The molecule has 0 aromatic rings. The van der Waals surface area contributed by atoms with Gasteiger partial charge in [-0.2, -0.15) is 0 Å². The van der Waals surface area contributed by atoms with E-state index in [9.17, 15) is 14.4 Å². The molecule has 1 heterocycles. The summed E-state index contributed by atoms with van der Waals surface area (Å²) in [6.45, 7) is 1.59. The molecule has 0 saturated carbocycles. The molecule has 1 saturated heterocycles. The molecular formula is C10H18N4O4. The van der Waals surface area contributed by atoms with E-state index in [-0.39, 0.29) is 6.54 Å². The highest BCUT2D eigenvalue weighted by Crippen LogP contribution is 2.04. The van der Waals surface area contributed by atoms with Crippen LogP contribution in [0.2, 0.25) is 0 Å². The topological polar surface area (TPSA) is 107 Å². The number of primary amides is 1. The number of carboxylic acids is 1. The van der Waals surface area contributed by atoms with Crippen LogP contribution in [-0.2, 0) is 9.59 Å². The first-order valence-corrected chi connectivity index (χ1v) is 5.62. The fourth-order valence-corrected chi connectivity index (χ4v) is 1.74. The van der Waals surface area contributed by atoms with E-state index >= 15 is 0 Å². The maximum absolute atomic E-state index is 12.0. The van der Waals surface area contributed by atoms with E-state index in [1.165, 1.54) is 4.90 Å². The Kier molecular flexibility index (Phi) is 4.90. The van der Waals surface area contributed by atoms with Crippen LogP contribution >= 0.6 is 0 Å². The third-order valence-electron chi connectivity index (χ3n) is 2.72. The Morgan fingerprint density at radius 3 is 2.17 bits per heavy atom. The van der Waals surface area contributed by atoms with Gasteiger partial charge in [0.2, 0.25) is 5.91 Å².